The second kappa shape index (κ2) is 5.57. The summed E-state index contributed by atoms with van der Waals surface area (Å²) in [5, 5.41) is 0. The normalized spacial score (nSPS) is 27.2. The van der Waals surface area contributed by atoms with Crippen molar-refractivity contribution in [2.45, 2.75) is 39.2 Å². The highest BCUT2D eigenvalue weighted by Crippen LogP contribution is 2.58. The molecule has 0 aromatic heterocycles. The number of rotatable bonds is 5. The third-order valence-electron chi connectivity index (χ3n) is 4.89. The van der Waals surface area contributed by atoms with Crippen LogP contribution in [0.2, 0.25) is 0 Å². The maximum Gasteiger partial charge on any atom is 0.230 e. The molecule has 0 bridgehead atoms. The molecule has 2 fully saturated rings. The molecular formula is C17H24N2O. The van der Waals surface area contributed by atoms with Gasteiger partial charge in [0.1, 0.15) is 0 Å². The zero-order chi connectivity index (χ0) is 14.1. The fourth-order valence-electron chi connectivity index (χ4n) is 3.77. The second-order valence-electron chi connectivity index (χ2n) is 6.14. The molecule has 0 saturated heterocycles. The molecule has 0 aliphatic heterocycles. The van der Waals surface area contributed by atoms with Gasteiger partial charge < -0.3 is 10.6 Å². The first-order valence-corrected chi connectivity index (χ1v) is 7.86. The van der Waals surface area contributed by atoms with Crippen LogP contribution in [0.25, 0.3) is 0 Å². The minimum atomic E-state index is 0.310. The first-order chi connectivity index (χ1) is 9.76. The molecule has 1 aromatic carbocycles. The Morgan fingerprint density at radius 3 is 2.45 bits per heavy atom. The highest BCUT2D eigenvalue weighted by Gasteiger charge is 2.57. The van der Waals surface area contributed by atoms with E-state index in [1.165, 1.54) is 19.3 Å². The van der Waals surface area contributed by atoms with Crippen molar-refractivity contribution in [2.24, 2.45) is 23.5 Å². The van der Waals surface area contributed by atoms with E-state index in [9.17, 15) is 4.79 Å². The van der Waals surface area contributed by atoms with Crippen LogP contribution in [-0.4, -0.2) is 12.5 Å². The number of anilines is 1. The van der Waals surface area contributed by atoms with Crippen LogP contribution in [-0.2, 0) is 11.3 Å². The summed E-state index contributed by atoms with van der Waals surface area (Å²) < 4.78 is 0. The summed E-state index contributed by atoms with van der Waals surface area (Å²) in [6.07, 6.45) is 4.82. The molecule has 20 heavy (non-hydrogen) atoms. The Kier molecular flexibility index (Phi) is 3.79. The number of hydrogen-bond acceptors (Lipinski definition) is 2. The van der Waals surface area contributed by atoms with Crippen molar-refractivity contribution < 1.29 is 4.79 Å². The van der Waals surface area contributed by atoms with E-state index in [2.05, 4.69) is 6.92 Å². The van der Waals surface area contributed by atoms with Gasteiger partial charge >= 0.3 is 0 Å². The second-order valence-corrected chi connectivity index (χ2v) is 6.14. The molecule has 1 aromatic rings. The van der Waals surface area contributed by atoms with E-state index in [4.69, 9.17) is 5.73 Å². The first kappa shape index (κ1) is 13.6. The van der Waals surface area contributed by atoms with E-state index in [0.717, 1.165) is 24.2 Å². The van der Waals surface area contributed by atoms with Crippen molar-refractivity contribution in [3.05, 3.63) is 29.8 Å². The van der Waals surface area contributed by atoms with E-state index in [1.807, 2.05) is 29.2 Å². The third kappa shape index (κ3) is 2.35. The SMILES string of the molecule is CCCN(C(=O)C1C2CCCC21)c1ccc(CN)cc1. The van der Waals surface area contributed by atoms with E-state index >= 15 is 0 Å². The monoisotopic (exact) mass is 272 g/mol. The Balaban J connectivity index is 1.75. The minimum Gasteiger partial charge on any atom is -0.326 e. The van der Waals surface area contributed by atoms with Gasteiger partial charge in [0.05, 0.1) is 0 Å². The molecule has 3 rings (SSSR count). The quantitative estimate of drug-likeness (QED) is 0.895. The van der Waals surface area contributed by atoms with Crippen LogP contribution in [0, 0.1) is 17.8 Å². The summed E-state index contributed by atoms with van der Waals surface area (Å²) in [5.74, 6) is 2.03. The van der Waals surface area contributed by atoms with Gasteiger partial charge in [0, 0.05) is 24.7 Å². The summed E-state index contributed by atoms with van der Waals surface area (Å²) in [5.41, 5.74) is 7.77. The predicted molar refractivity (Wildman–Crippen MR) is 81.3 cm³/mol. The van der Waals surface area contributed by atoms with Gasteiger partial charge in [-0.05, 0) is 48.8 Å². The Labute approximate surface area is 121 Å². The molecule has 0 radical (unpaired) electrons. The molecule has 1 amide bonds. The van der Waals surface area contributed by atoms with Gasteiger partial charge in [-0.25, -0.2) is 0 Å². The third-order valence-corrected chi connectivity index (χ3v) is 4.89. The summed E-state index contributed by atoms with van der Waals surface area (Å²) in [7, 11) is 0. The topological polar surface area (TPSA) is 46.3 Å². The molecule has 2 atom stereocenters. The number of carbonyl (C=O) groups excluding carboxylic acids is 1. The fraction of sp³-hybridized carbons (Fsp3) is 0.588. The zero-order valence-corrected chi connectivity index (χ0v) is 12.2. The summed E-state index contributed by atoms with van der Waals surface area (Å²) in [6, 6.07) is 8.12. The standard InChI is InChI=1S/C17H24N2O/c1-2-10-19(13-8-6-12(11-18)7-9-13)17(20)16-14-4-3-5-15(14)16/h6-9,14-16H,2-5,10-11,18H2,1H3. The van der Waals surface area contributed by atoms with Gasteiger partial charge in [0.2, 0.25) is 5.91 Å². The molecule has 108 valence electrons. The van der Waals surface area contributed by atoms with Crippen LogP contribution in [0.3, 0.4) is 0 Å². The van der Waals surface area contributed by atoms with Gasteiger partial charge in [-0.1, -0.05) is 25.5 Å². The molecule has 3 nitrogen and oxygen atoms in total. The number of hydrogen-bond donors (Lipinski definition) is 1. The number of fused-ring (bicyclic) bond motifs is 1. The maximum absolute atomic E-state index is 12.8. The number of benzene rings is 1. The molecule has 3 heteroatoms. The van der Waals surface area contributed by atoms with Crippen LogP contribution in [0.15, 0.2) is 24.3 Å². The maximum atomic E-state index is 12.8. The van der Waals surface area contributed by atoms with Crippen molar-refractivity contribution >= 4 is 11.6 Å². The van der Waals surface area contributed by atoms with E-state index < -0.39 is 0 Å². The van der Waals surface area contributed by atoms with Crippen molar-refractivity contribution in [1.29, 1.82) is 0 Å². The molecule has 2 saturated carbocycles. The van der Waals surface area contributed by atoms with Crippen molar-refractivity contribution in [3.8, 4) is 0 Å². The lowest BCUT2D eigenvalue weighted by Gasteiger charge is -2.23. The minimum absolute atomic E-state index is 0.310. The lowest BCUT2D eigenvalue weighted by Crippen LogP contribution is -2.34. The highest BCUT2D eigenvalue weighted by molar-refractivity contribution is 5.97. The molecular weight excluding hydrogens is 248 g/mol. The van der Waals surface area contributed by atoms with Crippen molar-refractivity contribution in [3.63, 3.8) is 0 Å². The Morgan fingerprint density at radius 2 is 1.90 bits per heavy atom. The van der Waals surface area contributed by atoms with Gasteiger partial charge in [-0.2, -0.15) is 0 Å². The fourth-order valence-corrected chi connectivity index (χ4v) is 3.77. The van der Waals surface area contributed by atoms with Crippen molar-refractivity contribution in [2.75, 3.05) is 11.4 Å². The van der Waals surface area contributed by atoms with E-state index in [0.29, 0.717) is 30.2 Å². The van der Waals surface area contributed by atoms with Crippen LogP contribution >= 0.6 is 0 Å². The molecule has 2 aliphatic carbocycles. The smallest absolute Gasteiger partial charge is 0.230 e. The number of nitrogens with zero attached hydrogens (tertiary/aromatic N) is 1. The molecule has 0 heterocycles. The predicted octanol–water partition coefficient (Wildman–Crippen LogP) is 2.93. The average molecular weight is 272 g/mol. The number of nitrogens with two attached hydrogens (primary N) is 1. The molecule has 2 unspecified atom stereocenters. The molecule has 2 aliphatic rings. The van der Waals surface area contributed by atoms with Gasteiger partial charge in [0.15, 0.2) is 0 Å². The average Bonchev–Trinajstić information content (AvgIpc) is 2.97. The van der Waals surface area contributed by atoms with Crippen LogP contribution in [0.4, 0.5) is 5.69 Å². The Hall–Kier alpha value is -1.35. The van der Waals surface area contributed by atoms with Crippen molar-refractivity contribution in [1.82, 2.24) is 0 Å². The van der Waals surface area contributed by atoms with Gasteiger partial charge in [0.25, 0.3) is 0 Å². The Bertz CT molecular complexity index is 472. The lowest BCUT2D eigenvalue weighted by molar-refractivity contribution is -0.120. The Morgan fingerprint density at radius 1 is 1.25 bits per heavy atom. The lowest BCUT2D eigenvalue weighted by atomic mass is 10.1. The largest absolute Gasteiger partial charge is 0.326 e. The summed E-state index contributed by atoms with van der Waals surface area (Å²) in [6.45, 7) is 3.49. The molecule has 2 N–H and O–H groups in total. The number of amides is 1. The first-order valence-electron chi connectivity index (χ1n) is 7.86. The van der Waals surface area contributed by atoms with E-state index in [-0.39, 0.29) is 0 Å². The highest BCUT2D eigenvalue weighted by atomic mass is 16.2. The summed E-state index contributed by atoms with van der Waals surface area (Å²) in [4.78, 5) is 14.8. The van der Waals surface area contributed by atoms with Crippen LogP contribution in [0.1, 0.15) is 38.2 Å². The molecule has 0 spiro atoms. The number of carbonyl (C=O) groups is 1. The van der Waals surface area contributed by atoms with Crippen LogP contribution < -0.4 is 10.6 Å². The van der Waals surface area contributed by atoms with E-state index in [1.54, 1.807) is 0 Å². The zero-order valence-electron chi connectivity index (χ0n) is 12.2. The van der Waals surface area contributed by atoms with Crippen LogP contribution in [0.5, 0.6) is 0 Å². The van der Waals surface area contributed by atoms with Gasteiger partial charge in [-0.3, -0.25) is 4.79 Å². The van der Waals surface area contributed by atoms with Gasteiger partial charge in [-0.15, -0.1) is 0 Å². The summed E-state index contributed by atoms with van der Waals surface area (Å²) >= 11 is 0.